The van der Waals surface area contributed by atoms with Gasteiger partial charge in [0.1, 0.15) is 0 Å². The van der Waals surface area contributed by atoms with Crippen molar-refractivity contribution in [1.29, 1.82) is 0 Å². The highest BCUT2D eigenvalue weighted by atomic mass is 35.5. The van der Waals surface area contributed by atoms with E-state index in [1.54, 1.807) is 0 Å². The molecular weight excluding hydrogens is 262 g/mol. The van der Waals surface area contributed by atoms with E-state index < -0.39 is 0 Å². The van der Waals surface area contributed by atoms with Crippen molar-refractivity contribution in [2.45, 2.75) is 38.2 Å². The van der Waals surface area contributed by atoms with Gasteiger partial charge in [0.25, 0.3) is 0 Å². The van der Waals surface area contributed by atoms with Gasteiger partial charge in [-0.15, -0.1) is 11.6 Å². The second-order valence-electron chi connectivity index (χ2n) is 4.86. The average molecular weight is 282 g/mol. The van der Waals surface area contributed by atoms with Gasteiger partial charge in [0.2, 0.25) is 5.91 Å². The molecule has 1 atom stereocenters. The molecule has 104 valence electrons. The number of amides is 1. The molecule has 0 radical (unpaired) electrons. The summed E-state index contributed by atoms with van der Waals surface area (Å²) in [5.41, 5.74) is 2.03. The first-order chi connectivity index (χ1) is 9.28. The highest BCUT2D eigenvalue weighted by molar-refractivity contribution is 6.17. The van der Waals surface area contributed by atoms with E-state index in [4.69, 9.17) is 16.3 Å². The lowest BCUT2D eigenvalue weighted by molar-refractivity contribution is -0.116. The van der Waals surface area contributed by atoms with Crippen LogP contribution >= 0.6 is 11.6 Å². The normalized spacial score (nSPS) is 18.5. The Bertz CT molecular complexity index is 399. The molecule has 0 aromatic heterocycles. The maximum atomic E-state index is 11.8. The minimum atomic E-state index is 0.0561. The van der Waals surface area contributed by atoms with Crippen LogP contribution in [0.2, 0.25) is 0 Å². The predicted octanol–water partition coefficient (Wildman–Crippen LogP) is 3.37. The van der Waals surface area contributed by atoms with Crippen molar-refractivity contribution in [3.63, 3.8) is 0 Å². The average Bonchev–Trinajstić information content (AvgIpc) is 2.92. The van der Waals surface area contributed by atoms with Crippen LogP contribution in [0.25, 0.3) is 0 Å². The van der Waals surface area contributed by atoms with Gasteiger partial charge in [-0.25, -0.2) is 0 Å². The van der Waals surface area contributed by atoms with E-state index in [-0.39, 0.29) is 12.0 Å². The maximum absolute atomic E-state index is 11.8. The minimum Gasteiger partial charge on any atom is -0.378 e. The van der Waals surface area contributed by atoms with Crippen LogP contribution in [-0.2, 0) is 16.0 Å². The van der Waals surface area contributed by atoms with Crippen molar-refractivity contribution >= 4 is 23.2 Å². The summed E-state index contributed by atoms with van der Waals surface area (Å²) in [7, 11) is 0. The van der Waals surface area contributed by atoms with E-state index in [0.717, 1.165) is 38.0 Å². The fourth-order valence-corrected chi connectivity index (χ4v) is 2.47. The van der Waals surface area contributed by atoms with Crippen LogP contribution in [0.15, 0.2) is 24.3 Å². The number of nitrogens with one attached hydrogen (secondary N) is 1. The third-order valence-corrected chi connectivity index (χ3v) is 3.53. The van der Waals surface area contributed by atoms with E-state index in [1.807, 2.05) is 24.3 Å². The van der Waals surface area contributed by atoms with E-state index in [1.165, 1.54) is 5.56 Å². The SMILES string of the molecule is O=C(CCC1CCCO1)Nc1ccc(CCCl)cc1. The molecule has 1 heterocycles. The Morgan fingerprint density at radius 2 is 2.16 bits per heavy atom. The molecule has 1 fully saturated rings. The van der Waals surface area contributed by atoms with Crippen LogP contribution in [0.3, 0.4) is 0 Å². The lowest BCUT2D eigenvalue weighted by Gasteiger charge is -2.09. The zero-order valence-corrected chi connectivity index (χ0v) is 11.8. The van der Waals surface area contributed by atoms with E-state index >= 15 is 0 Å². The fourth-order valence-electron chi connectivity index (χ4n) is 2.25. The molecule has 0 saturated carbocycles. The van der Waals surface area contributed by atoms with Gasteiger partial charge in [-0.05, 0) is 43.4 Å². The van der Waals surface area contributed by atoms with E-state index in [9.17, 15) is 4.79 Å². The lowest BCUT2D eigenvalue weighted by atomic mass is 10.1. The smallest absolute Gasteiger partial charge is 0.224 e. The fraction of sp³-hybridized carbons (Fsp3) is 0.533. The Kier molecular flexibility index (Phi) is 5.67. The van der Waals surface area contributed by atoms with Crippen LogP contribution in [0, 0.1) is 0 Å². The number of ether oxygens (including phenoxy) is 1. The molecule has 1 aromatic rings. The van der Waals surface area contributed by atoms with Crippen molar-refractivity contribution in [3.05, 3.63) is 29.8 Å². The number of alkyl halides is 1. The lowest BCUT2D eigenvalue weighted by Crippen LogP contribution is -2.15. The van der Waals surface area contributed by atoms with Crippen molar-refractivity contribution in [2.75, 3.05) is 17.8 Å². The van der Waals surface area contributed by atoms with E-state index in [2.05, 4.69) is 5.32 Å². The standard InChI is InChI=1S/C15H20ClNO2/c16-10-9-12-3-5-13(6-4-12)17-15(18)8-7-14-2-1-11-19-14/h3-6,14H,1-2,7-11H2,(H,17,18). The summed E-state index contributed by atoms with van der Waals surface area (Å²) >= 11 is 5.68. The first-order valence-corrected chi connectivity index (χ1v) is 7.38. The molecule has 2 rings (SSSR count). The molecule has 1 aliphatic heterocycles. The number of benzene rings is 1. The van der Waals surface area contributed by atoms with Crippen LogP contribution in [0.4, 0.5) is 5.69 Å². The number of hydrogen-bond donors (Lipinski definition) is 1. The van der Waals surface area contributed by atoms with Crippen molar-refractivity contribution in [1.82, 2.24) is 0 Å². The molecule has 0 spiro atoms. The Morgan fingerprint density at radius 1 is 1.37 bits per heavy atom. The van der Waals surface area contributed by atoms with Gasteiger partial charge < -0.3 is 10.1 Å². The summed E-state index contributed by atoms with van der Waals surface area (Å²) < 4.78 is 5.50. The topological polar surface area (TPSA) is 38.3 Å². The van der Waals surface area contributed by atoms with Crippen LogP contribution < -0.4 is 5.32 Å². The largest absolute Gasteiger partial charge is 0.378 e. The first-order valence-electron chi connectivity index (χ1n) is 6.84. The Balaban J connectivity index is 1.74. The molecule has 1 N–H and O–H groups in total. The van der Waals surface area contributed by atoms with Crippen LogP contribution in [0.1, 0.15) is 31.2 Å². The predicted molar refractivity (Wildman–Crippen MR) is 77.7 cm³/mol. The molecule has 1 amide bonds. The molecule has 4 heteroatoms. The van der Waals surface area contributed by atoms with Gasteiger partial charge in [0, 0.05) is 24.6 Å². The number of hydrogen-bond acceptors (Lipinski definition) is 2. The van der Waals surface area contributed by atoms with Gasteiger partial charge in [-0.3, -0.25) is 4.79 Å². The third-order valence-electron chi connectivity index (χ3n) is 3.34. The summed E-state index contributed by atoms with van der Waals surface area (Å²) in [6.07, 6.45) is 4.67. The molecule has 1 unspecified atom stereocenters. The highest BCUT2D eigenvalue weighted by Crippen LogP contribution is 2.17. The molecule has 0 aliphatic carbocycles. The molecule has 1 aliphatic rings. The Labute approximate surface area is 119 Å². The summed E-state index contributed by atoms with van der Waals surface area (Å²) in [5.74, 6) is 0.674. The number of anilines is 1. The molecule has 1 saturated heterocycles. The van der Waals surface area contributed by atoms with Crippen molar-refractivity contribution < 1.29 is 9.53 Å². The number of carbonyl (C=O) groups excluding carboxylic acids is 1. The van der Waals surface area contributed by atoms with Crippen LogP contribution in [-0.4, -0.2) is 24.5 Å². The monoisotopic (exact) mass is 281 g/mol. The van der Waals surface area contributed by atoms with Crippen LogP contribution in [0.5, 0.6) is 0 Å². The highest BCUT2D eigenvalue weighted by Gasteiger charge is 2.16. The Morgan fingerprint density at radius 3 is 2.79 bits per heavy atom. The first kappa shape index (κ1) is 14.4. The quantitative estimate of drug-likeness (QED) is 0.812. The summed E-state index contributed by atoms with van der Waals surface area (Å²) in [6, 6.07) is 7.84. The molecule has 1 aromatic carbocycles. The van der Waals surface area contributed by atoms with Gasteiger partial charge in [0.15, 0.2) is 0 Å². The van der Waals surface area contributed by atoms with Crippen molar-refractivity contribution in [2.24, 2.45) is 0 Å². The number of halogens is 1. The molecule has 19 heavy (non-hydrogen) atoms. The molecular formula is C15H20ClNO2. The van der Waals surface area contributed by atoms with Gasteiger partial charge in [0.05, 0.1) is 6.10 Å². The maximum Gasteiger partial charge on any atom is 0.224 e. The zero-order valence-electron chi connectivity index (χ0n) is 11.0. The third kappa shape index (κ3) is 4.84. The van der Waals surface area contributed by atoms with Gasteiger partial charge in [-0.1, -0.05) is 12.1 Å². The van der Waals surface area contributed by atoms with Crippen molar-refractivity contribution in [3.8, 4) is 0 Å². The summed E-state index contributed by atoms with van der Waals surface area (Å²) in [6.45, 7) is 0.842. The van der Waals surface area contributed by atoms with Gasteiger partial charge >= 0.3 is 0 Å². The second kappa shape index (κ2) is 7.51. The molecule has 3 nitrogen and oxygen atoms in total. The minimum absolute atomic E-state index is 0.0561. The Hall–Kier alpha value is -1.06. The number of carbonyl (C=O) groups is 1. The second-order valence-corrected chi connectivity index (χ2v) is 5.24. The molecule has 0 bridgehead atoms. The number of rotatable bonds is 6. The van der Waals surface area contributed by atoms with E-state index in [0.29, 0.717) is 12.3 Å². The summed E-state index contributed by atoms with van der Waals surface area (Å²) in [5, 5.41) is 2.91. The van der Waals surface area contributed by atoms with Gasteiger partial charge in [-0.2, -0.15) is 0 Å². The summed E-state index contributed by atoms with van der Waals surface area (Å²) in [4.78, 5) is 11.8. The number of aryl methyl sites for hydroxylation is 1. The zero-order chi connectivity index (χ0) is 13.5.